The van der Waals surface area contributed by atoms with Gasteiger partial charge < -0.3 is 9.80 Å². The lowest BCUT2D eigenvalue weighted by atomic mass is 9.88. The summed E-state index contributed by atoms with van der Waals surface area (Å²) in [6, 6.07) is 18.5. The number of hydrogen-bond donors (Lipinski definition) is 0. The highest BCUT2D eigenvalue weighted by atomic mass is 16.2. The van der Waals surface area contributed by atoms with Crippen LogP contribution >= 0.6 is 0 Å². The minimum atomic E-state index is 0.0199. The maximum Gasteiger partial charge on any atom is 0.246 e. The molecule has 0 spiro atoms. The fraction of sp³-hybridized carbons (Fsp3) is 0.385. The summed E-state index contributed by atoms with van der Waals surface area (Å²) in [6.45, 7) is 4.26. The number of benzene rings is 2. The minimum absolute atomic E-state index is 0.0199. The van der Waals surface area contributed by atoms with Crippen LogP contribution in [0.15, 0.2) is 60.7 Å². The Hall–Kier alpha value is -2.88. The summed E-state index contributed by atoms with van der Waals surface area (Å²) in [5.74, 6) is 0.317. The van der Waals surface area contributed by atoms with E-state index in [1.54, 1.807) is 6.08 Å². The zero-order valence-corrected chi connectivity index (χ0v) is 17.7. The molecule has 30 heavy (non-hydrogen) atoms. The lowest BCUT2D eigenvalue weighted by Gasteiger charge is -2.40. The summed E-state index contributed by atoms with van der Waals surface area (Å²) < 4.78 is 0. The number of piperidine rings is 1. The number of carbonyl (C=O) groups is 2. The summed E-state index contributed by atoms with van der Waals surface area (Å²) in [5.41, 5.74) is 3.70. The van der Waals surface area contributed by atoms with E-state index in [4.69, 9.17) is 0 Å². The molecule has 4 nitrogen and oxygen atoms in total. The van der Waals surface area contributed by atoms with Gasteiger partial charge in [0.05, 0.1) is 6.04 Å². The first-order valence-electron chi connectivity index (χ1n) is 11.1. The molecule has 1 atom stereocenters. The smallest absolute Gasteiger partial charge is 0.246 e. The van der Waals surface area contributed by atoms with Crippen molar-refractivity contribution in [2.24, 2.45) is 5.92 Å². The van der Waals surface area contributed by atoms with Gasteiger partial charge in [-0.05, 0) is 48.4 Å². The van der Waals surface area contributed by atoms with Crippen LogP contribution < -0.4 is 0 Å². The molecule has 0 radical (unpaired) electrons. The van der Waals surface area contributed by atoms with Crippen molar-refractivity contribution < 1.29 is 9.59 Å². The Balaban J connectivity index is 1.35. The zero-order valence-electron chi connectivity index (χ0n) is 17.7. The molecule has 4 rings (SSSR count). The normalized spacial score (nSPS) is 19.7. The maximum atomic E-state index is 13.3. The Morgan fingerprint density at radius 1 is 0.967 bits per heavy atom. The van der Waals surface area contributed by atoms with Crippen LogP contribution in [0.1, 0.15) is 48.9 Å². The molecule has 0 aromatic heterocycles. The number of likely N-dealkylation sites (tertiary alicyclic amines) is 1. The number of nitrogens with zero attached hydrogens (tertiary/aromatic N) is 2. The summed E-state index contributed by atoms with van der Waals surface area (Å²) in [7, 11) is 0. The molecule has 2 aromatic rings. The average Bonchev–Trinajstić information content (AvgIpc) is 2.82. The highest BCUT2D eigenvalue weighted by molar-refractivity contribution is 5.92. The van der Waals surface area contributed by atoms with Crippen molar-refractivity contribution in [2.75, 3.05) is 19.6 Å². The second kappa shape index (κ2) is 9.29. The Labute approximate surface area is 179 Å². The fourth-order valence-electron chi connectivity index (χ4n) is 4.77. The Kier molecular flexibility index (Phi) is 6.32. The van der Waals surface area contributed by atoms with Crippen LogP contribution in [0, 0.1) is 5.92 Å². The monoisotopic (exact) mass is 402 g/mol. The van der Waals surface area contributed by atoms with Crippen molar-refractivity contribution in [1.29, 1.82) is 0 Å². The van der Waals surface area contributed by atoms with Crippen LogP contribution in [0.5, 0.6) is 0 Å². The van der Waals surface area contributed by atoms with Crippen molar-refractivity contribution in [3.05, 3.63) is 77.4 Å². The van der Waals surface area contributed by atoms with Gasteiger partial charge in [0, 0.05) is 31.6 Å². The highest BCUT2D eigenvalue weighted by Gasteiger charge is 2.35. The summed E-state index contributed by atoms with van der Waals surface area (Å²) in [4.78, 5) is 29.8. The highest BCUT2D eigenvalue weighted by Crippen LogP contribution is 2.34. The third-order valence-corrected chi connectivity index (χ3v) is 6.46. The van der Waals surface area contributed by atoms with Crippen LogP contribution in [-0.4, -0.2) is 41.2 Å². The molecule has 2 aliphatic heterocycles. The molecular weight excluding hydrogens is 372 g/mol. The molecule has 2 aromatic carbocycles. The van der Waals surface area contributed by atoms with Crippen molar-refractivity contribution in [2.45, 2.75) is 38.6 Å². The van der Waals surface area contributed by atoms with E-state index in [0.717, 1.165) is 37.8 Å². The van der Waals surface area contributed by atoms with Gasteiger partial charge in [0.1, 0.15) is 0 Å². The molecule has 1 saturated heterocycles. The van der Waals surface area contributed by atoms with Crippen molar-refractivity contribution in [1.82, 2.24) is 9.80 Å². The molecule has 4 heteroatoms. The first kappa shape index (κ1) is 20.4. The van der Waals surface area contributed by atoms with Crippen LogP contribution in [0.2, 0.25) is 0 Å². The van der Waals surface area contributed by atoms with Crippen LogP contribution in [0.25, 0.3) is 6.08 Å². The SMILES string of the molecule is CCC1c2ccccc2CCN1C(=O)C1CCN(C(=O)/C=C/c2ccccc2)CC1. The van der Waals surface area contributed by atoms with E-state index in [9.17, 15) is 9.59 Å². The number of rotatable bonds is 4. The van der Waals surface area contributed by atoms with Gasteiger partial charge in [-0.25, -0.2) is 0 Å². The first-order valence-corrected chi connectivity index (χ1v) is 11.1. The molecule has 156 valence electrons. The number of carbonyl (C=O) groups excluding carboxylic acids is 2. The van der Waals surface area contributed by atoms with Gasteiger partial charge in [-0.15, -0.1) is 0 Å². The zero-order chi connectivity index (χ0) is 20.9. The van der Waals surface area contributed by atoms with Crippen LogP contribution in [0.3, 0.4) is 0 Å². The predicted octanol–water partition coefficient (Wildman–Crippen LogP) is 4.47. The topological polar surface area (TPSA) is 40.6 Å². The fourth-order valence-corrected chi connectivity index (χ4v) is 4.77. The van der Waals surface area contributed by atoms with Gasteiger partial charge in [-0.1, -0.05) is 61.5 Å². The van der Waals surface area contributed by atoms with Crippen LogP contribution in [-0.2, 0) is 16.0 Å². The largest absolute Gasteiger partial charge is 0.339 e. The molecule has 2 amide bonds. The number of amides is 2. The van der Waals surface area contributed by atoms with E-state index < -0.39 is 0 Å². The third-order valence-electron chi connectivity index (χ3n) is 6.46. The molecule has 0 bridgehead atoms. The second-order valence-corrected chi connectivity index (χ2v) is 8.25. The standard InChI is InChI=1S/C26H30N2O2/c1-2-24-23-11-7-6-10-21(23)16-19-28(24)26(30)22-14-17-27(18-15-22)25(29)13-12-20-8-4-3-5-9-20/h3-13,22,24H,2,14-19H2,1H3/b13-12+. The minimum Gasteiger partial charge on any atom is -0.339 e. The Morgan fingerprint density at radius 3 is 2.40 bits per heavy atom. The van der Waals surface area contributed by atoms with E-state index in [1.165, 1.54) is 11.1 Å². The van der Waals surface area contributed by atoms with E-state index >= 15 is 0 Å². The summed E-state index contributed by atoms with van der Waals surface area (Å²) in [6.07, 6.45) is 6.86. The van der Waals surface area contributed by atoms with Gasteiger partial charge in [0.25, 0.3) is 0 Å². The number of hydrogen-bond acceptors (Lipinski definition) is 2. The lowest BCUT2D eigenvalue weighted by Crippen LogP contribution is -2.47. The molecule has 0 N–H and O–H groups in total. The molecule has 0 aliphatic carbocycles. The van der Waals surface area contributed by atoms with E-state index in [0.29, 0.717) is 13.1 Å². The van der Waals surface area contributed by atoms with Gasteiger partial charge in [-0.2, -0.15) is 0 Å². The van der Waals surface area contributed by atoms with Crippen molar-refractivity contribution in [3.8, 4) is 0 Å². The Morgan fingerprint density at radius 2 is 1.67 bits per heavy atom. The Bertz CT molecular complexity index is 914. The van der Waals surface area contributed by atoms with Gasteiger partial charge in [0.2, 0.25) is 11.8 Å². The van der Waals surface area contributed by atoms with E-state index in [1.807, 2.05) is 41.3 Å². The molecule has 1 unspecified atom stereocenters. The quantitative estimate of drug-likeness (QED) is 0.708. The molecule has 2 heterocycles. The average molecular weight is 403 g/mol. The van der Waals surface area contributed by atoms with Crippen molar-refractivity contribution in [3.63, 3.8) is 0 Å². The van der Waals surface area contributed by atoms with Gasteiger partial charge in [0.15, 0.2) is 0 Å². The molecule has 2 aliphatic rings. The van der Waals surface area contributed by atoms with Crippen molar-refractivity contribution >= 4 is 17.9 Å². The van der Waals surface area contributed by atoms with Gasteiger partial charge in [-0.3, -0.25) is 9.59 Å². The maximum absolute atomic E-state index is 13.3. The summed E-state index contributed by atoms with van der Waals surface area (Å²) >= 11 is 0. The van der Waals surface area contributed by atoms with E-state index in [2.05, 4.69) is 36.1 Å². The first-order chi connectivity index (χ1) is 14.7. The summed E-state index contributed by atoms with van der Waals surface area (Å²) in [5, 5.41) is 0. The molecular formula is C26H30N2O2. The predicted molar refractivity (Wildman–Crippen MR) is 120 cm³/mol. The van der Waals surface area contributed by atoms with Crippen LogP contribution in [0.4, 0.5) is 0 Å². The van der Waals surface area contributed by atoms with Gasteiger partial charge >= 0.3 is 0 Å². The molecule has 0 saturated carbocycles. The lowest BCUT2D eigenvalue weighted by molar-refractivity contribution is -0.142. The molecule has 1 fully saturated rings. The third kappa shape index (κ3) is 4.33. The van der Waals surface area contributed by atoms with E-state index in [-0.39, 0.29) is 23.8 Å². The number of fused-ring (bicyclic) bond motifs is 1. The second-order valence-electron chi connectivity index (χ2n) is 8.25.